The van der Waals surface area contributed by atoms with Gasteiger partial charge in [0, 0.05) is 6.20 Å². The van der Waals surface area contributed by atoms with Crippen molar-refractivity contribution in [2.45, 2.75) is 11.1 Å². The second-order valence-electron chi connectivity index (χ2n) is 3.43. The van der Waals surface area contributed by atoms with Gasteiger partial charge >= 0.3 is 0 Å². The van der Waals surface area contributed by atoms with Crippen molar-refractivity contribution in [1.82, 2.24) is 4.98 Å². The summed E-state index contributed by atoms with van der Waals surface area (Å²) in [5.74, 6) is 0. The Morgan fingerprint density at radius 2 is 2.22 bits per heavy atom. The van der Waals surface area contributed by atoms with Crippen LogP contribution in [-0.4, -0.2) is 13.4 Å². The van der Waals surface area contributed by atoms with Crippen LogP contribution in [-0.2, 0) is 10.0 Å². The van der Waals surface area contributed by atoms with E-state index in [1.807, 2.05) is 0 Å². The van der Waals surface area contributed by atoms with E-state index >= 15 is 0 Å². The molecular weight excluding hydrogens is 360 g/mol. The molecule has 0 saturated heterocycles. The number of aryl methyl sites for hydroxylation is 1. The first-order valence-electron chi connectivity index (χ1n) is 4.79. The molecule has 0 radical (unpaired) electrons. The van der Waals surface area contributed by atoms with Crippen LogP contribution < -0.4 is 4.72 Å². The summed E-state index contributed by atoms with van der Waals surface area (Å²) in [6, 6.07) is 4.73. The Balaban J connectivity index is 2.36. The third-order valence-electron chi connectivity index (χ3n) is 2.14. The van der Waals surface area contributed by atoms with Crippen LogP contribution in [0, 0.1) is 6.92 Å². The lowest BCUT2D eigenvalue weighted by Gasteiger charge is -2.07. The molecule has 2 heterocycles. The van der Waals surface area contributed by atoms with Gasteiger partial charge in [0.25, 0.3) is 10.0 Å². The van der Waals surface area contributed by atoms with Gasteiger partial charge in [0.15, 0.2) is 0 Å². The SMILES string of the molecule is Cc1ncccc1NS(=O)(=O)c1cc(Cl)c(Br)s1. The van der Waals surface area contributed by atoms with E-state index in [4.69, 9.17) is 11.6 Å². The van der Waals surface area contributed by atoms with Crippen molar-refractivity contribution in [1.29, 1.82) is 0 Å². The van der Waals surface area contributed by atoms with Crippen molar-refractivity contribution in [2.75, 3.05) is 4.72 Å². The number of hydrogen-bond acceptors (Lipinski definition) is 4. The minimum absolute atomic E-state index is 0.155. The predicted molar refractivity (Wildman–Crippen MR) is 76.8 cm³/mol. The fourth-order valence-electron chi connectivity index (χ4n) is 1.25. The summed E-state index contributed by atoms with van der Waals surface area (Å²) in [6.07, 6.45) is 1.60. The van der Waals surface area contributed by atoms with Crippen LogP contribution in [0.15, 0.2) is 32.4 Å². The van der Waals surface area contributed by atoms with Gasteiger partial charge in [0.1, 0.15) is 4.21 Å². The van der Waals surface area contributed by atoms with E-state index in [2.05, 4.69) is 25.6 Å². The lowest BCUT2D eigenvalue weighted by Crippen LogP contribution is -2.12. The molecule has 0 amide bonds. The molecule has 2 rings (SSSR count). The van der Waals surface area contributed by atoms with Crippen molar-refractivity contribution >= 4 is 54.6 Å². The first kappa shape index (κ1) is 13.8. The van der Waals surface area contributed by atoms with Crippen molar-refractivity contribution in [3.63, 3.8) is 0 Å². The van der Waals surface area contributed by atoms with E-state index in [-0.39, 0.29) is 4.21 Å². The van der Waals surface area contributed by atoms with E-state index < -0.39 is 10.0 Å². The summed E-state index contributed by atoms with van der Waals surface area (Å²) in [5.41, 5.74) is 1.07. The molecule has 1 N–H and O–H groups in total. The Labute approximate surface area is 122 Å². The molecule has 2 aromatic heterocycles. The van der Waals surface area contributed by atoms with Crippen LogP contribution in [0.2, 0.25) is 5.02 Å². The number of rotatable bonds is 3. The van der Waals surface area contributed by atoms with Gasteiger partial charge in [0.2, 0.25) is 0 Å². The number of pyridine rings is 1. The number of nitrogens with zero attached hydrogens (tertiary/aromatic N) is 1. The Kier molecular flexibility index (Phi) is 3.96. The van der Waals surface area contributed by atoms with E-state index in [0.717, 1.165) is 11.3 Å². The quantitative estimate of drug-likeness (QED) is 0.900. The number of halogens is 2. The first-order chi connectivity index (χ1) is 8.40. The van der Waals surface area contributed by atoms with Gasteiger partial charge in [-0.25, -0.2) is 8.42 Å². The molecule has 0 aliphatic carbocycles. The Morgan fingerprint density at radius 1 is 1.50 bits per heavy atom. The lowest BCUT2D eigenvalue weighted by atomic mass is 10.3. The Bertz CT molecular complexity index is 665. The average Bonchev–Trinajstić information content (AvgIpc) is 2.63. The van der Waals surface area contributed by atoms with Gasteiger partial charge in [-0.15, -0.1) is 11.3 Å². The minimum Gasteiger partial charge on any atom is -0.277 e. The van der Waals surface area contributed by atoms with Crippen molar-refractivity contribution in [3.05, 3.63) is 38.9 Å². The number of nitrogens with one attached hydrogen (secondary N) is 1. The zero-order chi connectivity index (χ0) is 13.3. The second-order valence-corrected chi connectivity index (χ2v) is 8.12. The standard InChI is InChI=1S/C10H8BrClN2O2S2/c1-6-8(3-2-4-13-6)14-18(15,16)9-5-7(12)10(11)17-9/h2-5,14H,1H3. The molecule has 0 bridgehead atoms. The average molecular weight is 368 g/mol. The molecule has 0 spiro atoms. The predicted octanol–water partition coefficient (Wildman–Crippen LogP) is 3.67. The topological polar surface area (TPSA) is 59.1 Å². The third-order valence-corrected chi connectivity index (χ3v) is 6.45. The van der Waals surface area contributed by atoms with Crippen molar-refractivity contribution in [3.8, 4) is 0 Å². The molecule has 0 aliphatic rings. The first-order valence-corrected chi connectivity index (χ1v) is 8.26. The maximum atomic E-state index is 12.1. The fourth-order valence-corrected chi connectivity index (χ4v) is 4.76. The van der Waals surface area contributed by atoms with Gasteiger partial charge in [0.05, 0.1) is 20.2 Å². The van der Waals surface area contributed by atoms with Crippen LogP contribution >= 0.6 is 38.9 Å². The molecular formula is C10H8BrClN2O2S2. The lowest BCUT2D eigenvalue weighted by molar-refractivity contribution is 0.603. The molecule has 4 nitrogen and oxygen atoms in total. The van der Waals surface area contributed by atoms with Crippen molar-refractivity contribution < 1.29 is 8.42 Å². The number of sulfonamides is 1. The number of aromatic nitrogens is 1. The van der Waals surface area contributed by atoms with E-state index in [0.29, 0.717) is 20.2 Å². The molecule has 18 heavy (non-hydrogen) atoms. The molecule has 0 saturated carbocycles. The van der Waals surface area contributed by atoms with Gasteiger partial charge in [-0.3, -0.25) is 9.71 Å². The highest BCUT2D eigenvalue weighted by Crippen LogP contribution is 2.35. The van der Waals surface area contributed by atoms with E-state index in [1.165, 1.54) is 6.07 Å². The van der Waals surface area contributed by atoms with Crippen LogP contribution in [0.5, 0.6) is 0 Å². The van der Waals surface area contributed by atoms with Crippen LogP contribution in [0.25, 0.3) is 0 Å². The van der Waals surface area contributed by atoms with Gasteiger partial charge < -0.3 is 0 Å². The Hall–Kier alpha value is -0.630. The molecule has 0 unspecified atom stereocenters. The van der Waals surface area contributed by atoms with Crippen molar-refractivity contribution in [2.24, 2.45) is 0 Å². The maximum Gasteiger partial charge on any atom is 0.271 e. The molecule has 96 valence electrons. The summed E-state index contributed by atoms with van der Waals surface area (Å²) in [6.45, 7) is 1.73. The zero-order valence-corrected chi connectivity index (χ0v) is 13.1. The van der Waals surface area contributed by atoms with Crippen LogP contribution in [0.1, 0.15) is 5.69 Å². The maximum absolute atomic E-state index is 12.1. The summed E-state index contributed by atoms with van der Waals surface area (Å²) in [7, 11) is -3.62. The van der Waals surface area contributed by atoms with E-state index in [1.54, 1.807) is 25.3 Å². The highest BCUT2D eigenvalue weighted by molar-refractivity contribution is 9.11. The van der Waals surface area contributed by atoms with Gasteiger partial charge in [-0.1, -0.05) is 11.6 Å². The second kappa shape index (κ2) is 5.16. The molecule has 0 atom stereocenters. The highest BCUT2D eigenvalue weighted by Gasteiger charge is 2.19. The Morgan fingerprint density at radius 3 is 2.78 bits per heavy atom. The molecule has 8 heteroatoms. The largest absolute Gasteiger partial charge is 0.277 e. The van der Waals surface area contributed by atoms with Gasteiger partial charge in [-0.05, 0) is 41.1 Å². The third kappa shape index (κ3) is 2.85. The fraction of sp³-hybridized carbons (Fsp3) is 0.100. The monoisotopic (exact) mass is 366 g/mol. The zero-order valence-electron chi connectivity index (χ0n) is 9.15. The van der Waals surface area contributed by atoms with Crippen LogP contribution in [0.4, 0.5) is 5.69 Å². The molecule has 0 fully saturated rings. The normalized spacial score (nSPS) is 11.5. The summed E-state index contributed by atoms with van der Waals surface area (Å²) in [5, 5.41) is 0.378. The molecule has 2 aromatic rings. The summed E-state index contributed by atoms with van der Waals surface area (Å²) in [4.78, 5) is 4.02. The smallest absolute Gasteiger partial charge is 0.271 e. The van der Waals surface area contributed by atoms with Gasteiger partial charge in [-0.2, -0.15) is 0 Å². The van der Waals surface area contributed by atoms with Crippen LogP contribution in [0.3, 0.4) is 0 Å². The summed E-state index contributed by atoms with van der Waals surface area (Å²) < 4.78 is 27.5. The minimum atomic E-state index is -3.62. The number of thiophene rings is 1. The summed E-state index contributed by atoms with van der Waals surface area (Å²) >= 11 is 10.1. The molecule has 0 aromatic carbocycles. The molecule has 0 aliphatic heterocycles. The number of hydrogen-bond donors (Lipinski definition) is 1. The number of anilines is 1. The highest BCUT2D eigenvalue weighted by atomic mass is 79.9. The van der Waals surface area contributed by atoms with E-state index in [9.17, 15) is 8.42 Å².